The van der Waals surface area contributed by atoms with Gasteiger partial charge in [-0.2, -0.15) is 0 Å². The number of aromatic nitrogens is 2. The van der Waals surface area contributed by atoms with Crippen LogP contribution in [-0.4, -0.2) is 43.3 Å². The number of ether oxygens (including phenoxy) is 1. The largest absolute Gasteiger partial charge is 0.383 e. The van der Waals surface area contributed by atoms with E-state index < -0.39 is 0 Å². The molecule has 1 rings (SSSR count). The van der Waals surface area contributed by atoms with Crippen molar-refractivity contribution < 1.29 is 4.74 Å². The molecule has 0 radical (unpaired) electrons. The van der Waals surface area contributed by atoms with E-state index >= 15 is 0 Å². The molecule has 84 valence electrons. The molecule has 5 heteroatoms. The number of methoxy groups -OCH3 is 1. The molecule has 5 nitrogen and oxygen atoms in total. The second-order valence-electron chi connectivity index (χ2n) is 3.66. The van der Waals surface area contributed by atoms with E-state index in [1.165, 1.54) is 0 Å². The SMILES string of the molecule is COCC(N)CN(C)c1ncc(C)cn1. The van der Waals surface area contributed by atoms with Gasteiger partial charge in [0.25, 0.3) is 0 Å². The number of hydrogen-bond donors (Lipinski definition) is 1. The van der Waals surface area contributed by atoms with Crippen LogP contribution in [-0.2, 0) is 4.74 Å². The molecule has 15 heavy (non-hydrogen) atoms. The molecule has 0 aliphatic heterocycles. The maximum Gasteiger partial charge on any atom is 0.225 e. The van der Waals surface area contributed by atoms with E-state index in [0.29, 0.717) is 19.1 Å². The van der Waals surface area contributed by atoms with Gasteiger partial charge in [-0.25, -0.2) is 9.97 Å². The highest BCUT2D eigenvalue weighted by Crippen LogP contribution is 2.04. The highest BCUT2D eigenvalue weighted by atomic mass is 16.5. The summed E-state index contributed by atoms with van der Waals surface area (Å²) in [6.07, 6.45) is 3.58. The highest BCUT2D eigenvalue weighted by Gasteiger charge is 2.08. The Labute approximate surface area is 90.3 Å². The molecule has 1 aromatic heterocycles. The molecule has 0 fully saturated rings. The van der Waals surface area contributed by atoms with E-state index in [0.717, 1.165) is 5.56 Å². The molecule has 0 aliphatic carbocycles. The molecular formula is C10H18N4O. The molecular weight excluding hydrogens is 192 g/mol. The molecule has 1 atom stereocenters. The Hall–Kier alpha value is -1.20. The maximum atomic E-state index is 5.83. The predicted octanol–water partition coefficient (Wildman–Crippen LogP) is 0.195. The van der Waals surface area contributed by atoms with Crippen LogP contribution in [0.25, 0.3) is 0 Å². The van der Waals surface area contributed by atoms with E-state index in [-0.39, 0.29) is 6.04 Å². The van der Waals surface area contributed by atoms with Gasteiger partial charge in [0.15, 0.2) is 0 Å². The number of rotatable bonds is 5. The number of nitrogens with zero attached hydrogens (tertiary/aromatic N) is 3. The lowest BCUT2D eigenvalue weighted by Gasteiger charge is -2.20. The molecule has 0 saturated heterocycles. The fourth-order valence-electron chi connectivity index (χ4n) is 1.28. The Morgan fingerprint density at radius 3 is 2.60 bits per heavy atom. The van der Waals surface area contributed by atoms with Gasteiger partial charge in [0.05, 0.1) is 6.61 Å². The van der Waals surface area contributed by atoms with Crippen LogP contribution in [0.2, 0.25) is 0 Å². The molecule has 1 unspecified atom stereocenters. The average Bonchev–Trinajstić information content (AvgIpc) is 2.18. The van der Waals surface area contributed by atoms with E-state index in [2.05, 4.69) is 9.97 Å². The second-order valence-corrected chi connectivity index (χ2v) is 3.66. The van der Waals surface area contributed by atoms with Crippen LogP contribution < -0.4 is 10.6 Å². The summed E-state index contributed by atoms with van der Waals surface area (Å²) in [6.45, 7) is 3.17. The molecule has 1 heterocycles. The topological polar surface area (TPSA) is 64.3 Å². The van der Waals surface area contributed by atoms with Gasteiger partial charge in [-0.05, 0) is 12.5 Å². The Balaban J connectivity index is 2.53. The average molecular weight is 210 g/mol. The van der Waals surface area contributed by atoms with Crippen LogP contribution in [0.5, 0.6) is 0 Å². The summed E-state index contributed by atoms with van der Waals surface area (Å²) in [6, 6.07) is -0.0232. The quantitative estimate of drug-likeness (QED) is 0.752. The van der Waals surface area contributed by atoms with Crippen LogP contribution in [0.4, 0.5) is 5.95 Å². The zero-order chi connectivity index (χ0) is 11.3. The van der Waals surface area contributed by atoms with Crippen LogP contribution in [0.15, 0.2) is 12.4 Å². The number of aryl methyl sites for hydroxylation is 1. The fraction of sp³-hybridized carbons (Fsp3) is 0.600. The summed E-state index contributed by atoms with van der Waals surface area (Å²) in [5.41, 5.74) is 6.88. The summed E-state index contributed by atoms with van der Waals surface area (Å²) in [7, 11) is 3.56. The van der Waals surface area contributed by atoms with Crippen molar-refractivity contribution in [2.24, 2.45) is 5.73 Å². The Kier molecular flexibility index (Phi) is 4.45. The van der Waals surface area contributed by atoms with E-state index in [4.69, 9.17) is 10.5 Å². The van der Waals surface area contributed by atoms with Crippen LogP contribution in [0, 0.1) is 6.92 Å². The van der Waals surface area contributed by atoms with Gasteiger partial charge in [0, 0.05) is 39.1 Å². The minimum atomic E-state index is -0.0232. The lowest BCUT2D eigenvalue weighted by Crippen LogP contribution is -2.39. The maximum absolute atomic E-state index is 5.83. The third-order valence-electron chi connectivity index (χ3n) is 2.00. The van der Waals surface area contributed by atoms with E-state index in [1.54, 1.807) is 19.5 Å². The molecule has 0 bridgehead atoms. The normalized spacial score (nSPS) is 12.5. The first kappa shape index (κ1) is 11.9. The summed E-state index contributed by atoms with van der Waals surface area (Å²) < 4.78 is 4.97. The van der Waals surface area contributed by atoms with Crippen molar-refractivity contribution in [3.63, 3.8) is 0 Å². The molecule has 0 amide bonds. The molecule has 2 N–H and O–H groups in total. The third-order valence-corrected chi connectivity index (χ3v) is 2.00. The smallest absolute Gasteiger partial charge is 0.225 e. The molecule has 0 spiro atoms. The van der Waals surface area contributed by atoms with Gasteiger partial charge in [-0.1, -0.05) is 0 Å². The molecule has 1 aromatic rings. The lowest BCUT2D eigenvalue weighted by atomic mass is 10.3. The van der Waals surface area contributed by atoms with Crippen molar-refractivity contribution in [1.29, 1.82) is 0 Å². The number of anilines is 1. The summed E-state index contributed by atoms with van der Waals surface area (Å²) in [4.78, 5) is 10.3. The molecule has 0 saturated carbocycles. The Morgan fingerprint density at radius 1 is 1.47 bits per heavy atom. The monoisotopic (exact) mass is 210 g/mol. The van der Waals surface area contributed by atoms with Crippen molar-refractivity contribution in [3.8, 4) is 0 Å². The number of hydrogen-bond acceptors (Lipinski definition) is 5. The zero-order valence-corrected chi connectivity index (χ0v) is 9.47. The van der Waals surface area contributed by atoms with Gasteiger partial charge >= 0.3 is 0 Å². The van der Waals surface area contributed by atoms with Crippen molar-refractivity contribution in [3.05, 3.63) is 18.0 Å². The second kappa shape index (κ2) is 5.63. The standard InChI is InChI=1S/C10H18N4O/c1-8-4-12-10(13-5-8)14(2)6-9(11)7-15-3/h4-5,9H,6-7,11H2,1-3H3. The summed E-state index contributed by atoms with van der Waals surface area (Å²) >= 11 is 0. The first-order chi connectivity index (χ1) is 7.13. The van der Waals surface area contributed by atoms with Gasteiger partial charge < -0.3 is 15.4 Å². The van der Waals surface area contributed by atoms with E-state index in [9.17, 15) is 0 Å². The van der Waals surface area contributed by atoms with Crippen LogP contribution >= 0.6 is 0 Å². The Bertz CT molecular complexity index is 288. The van der Waals surface area contributed by atoms with Crippen molar-refractivity contribution in [2.45, 2.75) is 13.0 Å². The van der Waals surface area contributed by atoms with Crippen LogP contribution in [0.3, 0.4) is 0 Å². The van der Waals surface area contributed by atoms with Gasteiger partial charge in [0.2, 0.25) is 5.95 Å². The zero-order valence-electron chi connectivity index (χ0n) is 9.47. The third kappa shape index (κ3) is 3.81. The highest BCUT2D eigenvalue weighted by molar-refractivity contribution is 5.28. The molecule has 0 aliphatic rings. The lowest BCUT2D eigenvalue weighted by molar-refractivity contribution is 0.181. The van der Waals surface area contributed by atoms with Gasteiger partial charge in [0.1, 0.15) is 0 Å². The number of likely N-dealkylation sites (N-methyl/N-ethyl adjacent to an activating group) is 1. The first-order valence-corrected chi connectivity index (χ1v) is 4.87. The first-order valence-electron chi connectivity index (χ1n) is 4.87. The predicted molar refractivity (Wildman–Crippen MR) is 59.9 cm³/mol. The van der Waals surface area contributed by atoms with Gasteiger partial charge in [-0.15, -0.1) is 0 Å². The van der Waals surface area contributed by atoms with Crippen LogP contribution in [0.1, 0.15) is 5.56 Å². The van der Waals surface area contributed by atoms with Crippen molar-refractivity contribution in [2.75, 3.05) is 32.2 Å². The Morgan fingerprint density at radius 2 is 2.07 bits per heavy atom. The minimum absolute atomic E-state index is 0.0232. The van der Waals surface area contributed by atoms with Gasteiger partial charge in [-0.3, -0.25) is 0 Å². The van der Waals surface area contributed by atoms with Crippen molar-refractivity contribution >= 4 is 5.95 Å². The molecule has 0 aromatic carbocycles. The van der Waals surface area contributed by atoms with Crippen molar-refractivity contribution in [1.82, 2.24) is 9.97 Å². The summed E-state index contributed by atoms with van der Waals surface area (Å²) in [5.74, 6) is 0.687. The fourth-order valence-corrected chi connectivity index (χ4v) is 1.28. The summed E-state index contributed by atoms with van der Waals surface area (Å²) in [5, 5.41) is 0. The number of nitrogens with two attached hydrogens (primary N) is 1. The minimum Gasteiger partial charge on any atom is -0.383 e. The van der Waals surface area contributed by atoms with E-state index in [1.807, 2.05) is 18.9 Å².